The van der Waals surface area contributed by atoms with E-state index >= 15 is 0 Å². The van der Waals surface area contributed by atoms with E-state index in [4.69, 9.17) is 0 Å². The molecule has 2 heterocycles. The number of nitrogens with one attached hydrogen (secondary N) is 1. The van der Waals surface area contributed by atoms with Crippen LogP contribution in [0.4, 0.5) is 14.5 Å². The number of hydrogen-bond acceptors (Lipinski definition) is 6. The predicted octanol–water partition coefficient (Wildman–Crippen LogP) is 4.40. The monoisotopic (exact) mass is 540 g/mol. The highest BCUT2D eigenvalue weighted by Crippen LogP contribution is 2.20. The van der Waals surface area contributed by atoms with E-state index in [1.165, 1.54) is 16.8 Å². The first-order valence-electron chi connectivity index (χ1n) is 11.7. The Hall–Kier alpha value is -4.02. The number of amides is 1. The van der Waals surface area contributed by atoms with Crippen LogP contribution in [-0.2, 0) is 11.3 Å². The zero-order chi connectivity index (χ0) is 26.4. The molecule has 0 fully saturated rings. The van der Waals surface area contributed by atoms with Crippen LogP contribution >= 0.6 is 12.4 Å². The van der Waals surface area contributed by atoms with Gasteiger partial charge in [-0.1, -0.05) is 18.2 Å². The maximum Gasteiger partial charge on any atom is 0.267 e. The molecule has 1 amide bonds. The van der Waals surface area contributed by atoms with Gasteiger partial charge in [-0.3, -0.25) is 9.59 Å². The van der Waals surface area contributed by atoms with E-state index in [2.05, 4.69) is 20.4 Å². The van der Waals surface area contributed by atoms with Crippen LogP contribution in [0.1, 0.15) is 18.4 Å². The number of anilines is 1. The third kappa shape index (κ3) is 7.74. The summed E-state index contributed by atoms with van der Waals surface area (Å²) >= 11 is 0. The van der Waals surface area contributed by atoms with Crippen LogP contribution in [0.3, 0.4) is 0 Å². The van der Waals surface area contributed by atoms with Crippen molar-refractivity contribution in [2.45, 2.75) is 19.4 Å². The second kappa shape index (κ2) is 13.0. The van der Waals surface area contributed by atoms with Crippen molar-refractivity contribution in [2.24, 2.45) is 0 Å². The van der Waals surface area contributed by atoms with Crippen LogP contribution in [0.5, 0.6) is 0 Å². The van der Waals surface area contributed by atoms with Gasteiger partial charge in [0.1, 0.15) is 11.6 Å². The quantitative estimate of drug-likeness (QED) is 0.338. The summed E-state index contributed by atoms with van der Waals surface area (Å²) in [7, 11) is 3.92. The Balaban J connectivity index is 0.00000400. The van der Waals surface area contributed by atoms with Gasteiger partial charge < -0.3 is 10.2 Å². The van der Waals surface area contributed by atoms with Gasteiger partial charge in [-0.25, -0.2) is 23.4 Å². The molecule has 0 saturated carbocycles. The van der Waals surface area contributed by atoms with Crippen molar-refractivity contribution >= 4 is 24.0 Å². The van der Waals surface area contributed by atoms with Crippen LogP contribution in [0.2, 0.25) is 0 Å². The molecule has 0 bridgehead atoms. The Labute approximate surface area is 224 Å². The summed E-state index contributed by atoms with van der Waals surface area (Å²) < 4.78 is 28.5. The Kier molecular flexibility index (Phi) is 9.75. The molecule has 4 aromatic rings. The zero-order valence-corrected chi connectivity index (χ0v) is 21.7. The molecule has 0 aliphatic carbocycles. The lowest BCUT2D eigenvalue weighted by atomic mass is 10.1. The Morgan fingerprint density at radius 3 is 2.37 bits per heavy atom. The van der Waals surface area contributed by atoms with Gasteiger partial charge in [0.2, 0.25) is 5.91 Å². The van der Waals surface area contributed by atoms with Gasteiger partial charge >= 0.3 is 0 Å². The summed E-state index contributed by atoms with van der Waals surface area (Å²) in [5, 5.41) is 7.08. The number of benzene rings is 2. The van der Waals surface area contributed by atoms with Gasteiger partial charge in [0.05, 0.1) is 30.3 Å². The lowest BCUT2D eigenvalue weighted by molar-refractivity contribution is -0.116. The standard InChI is InChI=1S/C27H26F2N6O2.ClH/c1-34(2)10-4-7-25(36)32-23-15-30-27(31-16-23)19-6-3-5-18(11-19)17-35-26(37)9-8-24(33-35)20-12-21(28)14-22(29)13-20;/h3,5-6,8-9,11-16H,4,7,10,17H2,1-2H3,(H,32,36);1H. The predicted molar refractivity (Wildman–Crippen MR) is 144 cm³/mol. The second-order valence-electron chi connectivity index (χ2n) is 8.82. The van der Waals surface area contributed by atoms with E-state index in [-0.39, 0.29) is 41.7 Å². The minimum Gasteiger partial charge on any atom is -0.323 e. The fourth-order valence-corrected chi connectivity index (χ4v) is 3.72. The van der Waals surface area contributed by atoms with Crippen molar-refractivity contribution < 1.29 is 13.6 Å². The molecule has 2 aromatic carbocycles. The highest BCUT2D eigenvalue weighted by Gasteiger charge is 2.10. The van der Waals surface area contributed by atoms with E-state index in [9.17, 15) is 18.4 Å². The molecule has 0 aliphatic rings. The van der Waals surface area contributed by atoms with E-state index < -0.39 is 11.6 Å². The minimum atomic E-state index is -0.725. The van der Waals surface area contributed by atoms with Crippen molar-refractivity contribution in [1.82, 2.24) is 24.6 Å². The summed E-state index contributed by atoms with van der Waals surface area (Å²) in [6.07, 6.45) is 4.26. The molecule has 8 nitrogen and oxygen atoms in total. The molecule has 0 unspecified atom stereocenters. The average Bonchev–Trinajstić information content (AvgIpc) is 2.85. The molecule has 0 atom stereocenters. The Morgan fingerprint density at radius 2 is 1.68 bits per heavy atom. The molecule has 1 N–H and O–H groups in total. The van der Waals surface area contributed by atoms with E-state index in [0.29, 0.717) is 17.9 Å². The molecule has 198 valence electrons. The van der Waals surface area contributed by atoms with Gasteiger partial charge in [0.25, 0.3) is 5.56 Å². The van der Waals surface area contributed by atoms with Gasteiger partial charge in [0.15, 0.2) is 5.82 Å². The Bertz CT molecular complexity index is 1440. The lowest BCUT2D eigenvalue weighted by Crippen LogP contribution is -2.22. The van der Waals surface area contributed by atoms with Crippen LogP contribution < -0.4 is 10.9 Å². The molecule has 38 heavy (non-hydrogen) atoms. The number of aromatic nitrogens is 4. The van der Waals surface area contributed by atoms with Crippen molar-refractivity contribution in [3.8, 4) is 22.6 Å². The van der Waals surface area contributed by atoms with Gasteiger partial charge in [-0.05, 0) is 56.9 Å². The normalized spacial score (nSPS) is 10.8. The number of halogens is 3. The third-order valence-electron chi connectivity index (χ3n) is 5.49. The first-order valence-corrected chi connectivity index (χ1v) is 11.7. The van der Waals surface area contributed by atoms with Crippen molar-refractivity contribution in [2.75, 3.05) is 26.0 Å². The summed E-state index contributed by atoms with van der Waals surface area (Å²) in [4.78, 5) is 35.2. The van der Waals surface area contributed by atoms with Crippen LogP contribution in [0, 0.1) is 11.6 Å². The maximum atomic E-state index is 13.6. The molecule has 11 heteroatoms. The minimum absolute atomic E-state index is 0. The Morgan fingerprint density at radius 1 is 0.974 bits per heavy atom. The molecule has 0 radical (unpaired) electrons. The maximum absolute atomic E-state index is 13.6. The number of rotatable bonds is 9. The van der Waals surface area contributed by atoms with E-state index in [1.807, 2.05) is 43.3 Å². The molecular weight excluding hydrogens is 514 g/mol. The van der Waals surface area contributed by atoms with Crippen molar-refractivity contribution in [3.63, 3.8) is 0 Å². The summed E-state index contributed by atoms with van der Waals surface area (Å²) in [6, 6.07) is 13.1. The molecule has 0 aliphatic heterocycles. The summed E-state index contributed by atoms with van der Waals surface area (Å²) in [5.74, 6) is -1.09. The number of carbonyl (C=O) groups is 1. The van der Waals surface area contributed by atoms with E-state index in [1.54, 1.807) is 12.4 Å². The number of nitrogens with zero attached hydrogens (tertiary/aromatic N) is 5. The van der Waals surface area contributed by atoms with Crippen molar-refractivity contribution in [3.05, 3.63) is 94.5 Å². The molecule has 2 aromatic heterocycles. The number of carbonyl (C=O) groups excluding carboxylic acids is 1. The topological polar surface area (TPSA) is 93.0 Å². The van der Waals surface area contributed by atoms with Crippen LogP contribution in [0.25, 0.3) is 22.6 Å². The average molecular weight is 541 g/mol. The summed E-state index contributed by atoms with van der Waals surface area (Å²) in [6.45, 7) is 0.966. The molecule has 0 spiro atoms. The smallest absolute Gasteiger partial charge is 0.267 e. The fourth-order valence-electron chi connectivity index (χ4n) is 3.72. The second-order valence-corrected chi connectivity index (χ2v) is 8.82. The first-order chi connectivity index (χ1) is 17.8. The number of hydrogen-bond donors (Lipinski definition) is 1. The zero-order valence-electron chi connectivity index (χ0n) is 20.9. The van der Waals surface area contributed by atoms with Gasteiger partial charge in [-0.15, -0.1) is 12.4 Å². The van der Waals surface area contributed by atoms with Crippen LogP contribution in [-0.4, -0.2) is 51.2 Å². The highest BCUT2D eigenvalue weighted by molar-refractivity contribution is 5.90. The third-order valence-corrected chi connectivity index (χ3v) is 5.49. The van der Waals surface area contributed by atoms with E-state index in [0.717, 1.165) is 42.3 Å². The SMILES string of the molecule is CN(C)CCCC(=O)Nc1cnc(-c2cccc(Cn3nc(-c4cc(F)cc(F)c4)ccc3=O)c2)nc1.Cl. The molecular formula is C27H27ClF2N6O2. The van der Waals surface area contributed by atoms with Gasteiger partial charge in [0, 0.05) is 29.7 Å². The lowest BCUT2D eigenvalue weighted by Gasteiger charge is -2.10. The highest BCUT2D eigenvalue weighted by atomic mass is 35.5. The largest absolute Gasteiger partial charge is 0.323 e. The van der Waals surface area contributed by atoms with Crippen LogP contribution in [0.15, 0.2) is 71.8 Å². The molecule has 4 rings (SSSR count). The molecule has 0 saturated heterocycles. The fraction of sp³-hybridized carbons (Fsp3) is 0.222. The summed E-state index contributed by atoms with van der Waals surface area (Å²) in [5.41, 5.74) is 2.15. The first kappa shape index (κ1) is 28.5. The van der Waals surface area contributed by atoms with Gasteiger partial charge in [-0.2, -0.15) is 5.10 Å². The van der Waals surface area contributed by atoms with Crippen molar-refractivity contribution in [1.29, 1.82) is 0 Å².